The molecule has 0 amide bonds. The Hall–Kier alpha value is -6.24. The molecule has 1 aromatic heterocycles. The summed E-state index contributed by atoms with van der Waals surface area (Å²) in [5, 5.41) is -0.359. The molecular formula is C35H28F6N4O8S. The Morgan fingerprint density at radius 3 is 1.70 bits per heavy atom. The van der Waals surface area contributed by atoms with Crippen LogP contribution in [0.5, 0.6) is 0 Å². The van der Waals surface area contributed by atoms with Crippen LogP contribution in [0, 0.1) is 0 Å². The molecule has 0 saturated carbocycles. The number of fused-ring (bicyclic) bond motifs is 1. The van der Waals surface area contributed by atoms with Gasteiger partial charge in [0.2, 0.25) is 10.0 Å². The number of nitrogens with two attached hydrogens (primary N) is 1. The molecule has 4 aromatic carbocycles. The number of Topliss-reactive ketones (excluding diaryl/α,β-unsaturated/α-hetero) is 2. The van der Waals surface area contributed by atoms with Crippen molar-refractivity contribution in [1.82, 2.24) is 9.66 Å². The highest BCUT2D eigenvalue weighted by atomic mass is 32.2. The van der Waals surface area contributed by atoms with Crippen molar-refractivity contribution in [1.29, 1.82) is 0 Å². The zero-order valence-corrected chi connectivity index (χ0v) is 29.2. The molecule has 0 aliphatic rings. The molecule has 54 heavy (non-hydrogen) atoms. The largest absolute Gasteiger partial charge is 0.465 e. The summed E-state index contributed by atoms with van der Waals surface area (Å²) in [7, 11) is -2.92. The van der Waals surface area contributed by atoms with Crippen molar-refractivity contribution in [2.75, 3.05) is 23.9 Å². The second-order valence-electron chi connectivity index (χ2n) is 11.6. The smallest absolute Gasteiger partial charge is 0.417 e. The lowest BCUT2D eigenvalue weighted by atomic mass is 9.94. The minimum atomic E-state index is -4.84. The van der Waals surface area contributed by atoms with Crippen LogP contribution in [0.3, 0.4) is 0 Å². The van der Waals surface area contributed by atoms with Gasteiger partial charge >= 0.3 is 24.0 Å². The van der Waals surface area contributed by atoms with Gasteiger partial charge in [0.05, 0.1) is 41.0 Å². The Bertz CT molecular complexity index is 2560. The fourth-order valence-corrected chi connectivity index (χ4v) is 5.67. The molecule has 0 unspecified atom stereocenters. The number of rotatable bonds is 7. The minimum Gasteiger partial charge on any atom is -0.465 e. The first-order valence-corrected chi connectivity index (χ1v) is 17.0. The maximum atomic E-state index is 13.7. The molecule has 1 heterocycles. The van der Waals surface area contributed by atoms with E-state index < -0.39 is 61.8 Å². The number of hydrogen-bond donors (Lipinski definition) is 3. The van der Waals surface area contributed by atoms with Crippen LogP contribution < -0.4 is 21.8 Å². The van der Waals surface area contributed by atoms with E-state index in [1.54, 1.807) is 4.83 Å². The molecule has 0 aliphatic heterocycles. The van der Waals surface area contributed by atoms with E-state index in [4.69, 9.17) is 5.73 Å². The van der Waals surface area contributed by atoms with Crippen molar-refractivity contribution in [3.05, 3.63) is 121 Å². The number of nitrogens with one attached hydrogen (secondary N) is 2. The Labute approximate surface area is 301 Å². The number of alkyl halides is 6. The quantitative estimate of drug-likeness (QED) is 0.0768. The van der Waals surface area contributed by atoms with E-state index in [1.165, 1.54) is 62.4 Å². The van der Waals surface area contributed by atoms with Crippen LogP contribution in [0.1, 0.15) is 56.0 Å². The highest BCUT2D eigenvalue weighted by Crippen LogP contribution is 2.41. The summed E-state index contributed by atoms with van der Waals surface area (Å²) in [4.78, 5) is 63.2. The molecule has 0 aliphatic carbocycles. The van der Waals surface area contributed by atoms with Gasteiger partial charge in [-0.05, 0) is 72.5 Å². The molecule has 5 aromatic rings. The van der Waals surface area contributed by atoms with Gasteiger partial charge in [0.1, 0.15) is 0 Å². The first-order valence-electron chi connectivity index (χ1n) is 15.1. The fraction of sp³-hybridized carbons (Fsp3) is 0.171. The van der Waals surface area contributed by atoms with E-state index in [9.17, 15) is 58.7 Å². The maximum Gasteiger partial charge on any atom is 0.417 e. The lowest BCUT2D eigenvalue weighted by Crippen LogP contribution is -2.43. The van der Waals surface area contributed by atoms with Crippen LogP contribution in [-0.4, -0.2) is 49.0 Å². The number of anilines is 1. The van der Waals surface area contributed by atoms with Crippen molar-refractivity contribution in [2.45, 2.75) is 26.2 Å². The molecule has 5 rings (SSSR count). The van der Waals surface area contributed by atoms with Gasteiger partial charge in [0.25, 0.3) is 5.56 Å². The van der Waals surface area contributed by atoms with Gasteiger partial charge in [-0.1, -0.05) is 36.4 Å². The Balaban J connectivity index is 0.000000247. The first kappa shape index (κ1) is 40.5. The third-order valence-electron chi connectivity index (χ3n) is 7.66. The number of benzene rings is 4. The maximum absolute atomic E-state index is 13.7. The second kappa shape index (κ2) is 15.0. The van der Waals surface area contributed by atoms with E-state index in [0.29, 0.717) is 18.4 Å². The SMILES string of the molecule is CC(=O)c1cccc(-c2cc3c(=O)n(NS(C)(=O)=O)c(=O)[nH]c3cc2C(F)(F)F)c1.COC(=O)c1cc(-c2cccc(C(C)=O)c2)c(C(F)(F)F)cc1N. The molecule has 0 bridgehead atoms. The van der Waals surface area contributed by atoms with Crippen LogP contribution in [0.15, 0.2) is 82.4 Å². The molecule has 0 radical (unpaired) electrons. The number of ether oxygens (including phenoxy) is 1. The van der Waals surface area contributed by atoms with Crippen LogP contribution in [0.4, 0.5) is 32.0 Å². The number of aromatic amines is 1. The monoisotopic (exact) mass is 778 g/mol. The molecule has 0 fully saturated rings. The number of esters is 1. The van der Waals surface area contributed by atoms with E-state index in [-0.39, 0.29) is 60.7 Å². The molecular weight excluding hydrogens is 750 g/mol. The highest BCUT2D eigenvalue weighted by molar-refractivity contribution is 7.91. The predicted octanol–water partition coefficient (Wildman–Crippen LogP) is 6.03. The minimum absolute atomic E-state index is 0.0187. The van der Waals surface area contributed by atoms with Gasteiger partial charge in [-0.15, -0.1) is 0 Å². The number of nitrogen functional groups attached to an aromatic ring is 1. The molecule has 4 N–H and O–H groups in total. The van der Waals surface area contributed by atoms with Crippen molar-refractivity contribution < 1.29 is 53.9 Å². The van der Waals surface area contributed by atoms with Gasteiger partial charge in [-0.3, -0.25) is 14.4 Å². The van der Waals surface area contributed by atoms with Crippen LogP contribution >= 0.6 is 0 Å². The molecule has 0 saturated heterocycles. The summed E-state index contributed by atoms with van der Waals surface area (Å²) in [6, 6.07) is 14.4. The average molecular weight is 779 g/mol. The van der Waals surface area contributed by atoms with Gasteiger partial charge in [0, 0.05) is 16.8 Å². The van der Waals surface area contributed by atoms with E-state index in [1.807, 2.05) is 0 Å². The van der Waals surface area contributed by atoms with Crippen molar-refractivity contribution in [2.24, 2.45) is 0 Å². The number of nitrogens with zero attached hydrogens (tertiary/aromatic N) is 1. The third kappa shape index (κ3) is 9.03. The van der Waals surface area contributed by atoms with Crippen LogP contribution in [-0.2, 0) is 27.1 Å². The first-order chi connectivity index (χ1) is 24.9. The number of ketones is 2. The normalized spacial score (nSPS) is 11.7. The van der Waals surface area contributed by atoms with E-state index in [2.05, 4.69) is 9.72 Å². The van der Waals surface area contributed by atoms with Crippen LogP contribution in [0.25, 0.3) is 33.2 Å². The Morgan fingerprint density at radius 1 is 0.778 bits per heavy atom. The molecule has 0 spiro atoms. The van der Waals surface area contributed by atoms with Gasteiger partial charge in [-0.25, -0.2) is 22.8 Å². The predicted molar refractivity (Wildman–Crippen MR) is 186 cm³/mol. The Morgan fingerprint density at radius 2 is 1.26 bits per heavy atom. The van der Waals surface area contributed by atoms with Gasteiger partial charge in [0.15, 0.2) is 11.6 Å². The number of carbonyl (C=O) groups excluding carboxylic acids is 3. The number of carbonyl (C=O) groups is 3. The fourth-order valence-electron chi connectivity index (χ4n) is 5.17. The summed E-state index contributed by atoms with van der Waals surface area (Å²) in [6.45, 7) is 2.57. The van der Waals surface area contributed by atoms with Gasteiger partial charge < -0.3 is 15.5 Å². The summed E-state index contributed by atoms with van der Waals surface area (Å²) in [5.41, 5.74) is 0.0378. The summed E-state index contributed by atoms with van der Waals surface area (Å²) in [6.07, 6.45) is -8.81. The summed E-state index contributed by atoms with van der Waals surface area (Å²) >= 11 is 0. The summed E-state index contributed by atoms with van der Waals surface area (Å²) in [5.74, 6) is -1.49. The van der Waals surface area contributed by atoms with E-state index >= 15 is 0 Å². The zero-order chi connectivity index (χ0) is 40.5. The van der Waals surface area contributed by atoms with Crippen molar-refractivity contribution in [3.63, 3.8) is 0 Å². The molecule has 0 atom stereocenters. The number of sulfonamides is 1. The van der Waals surface area contributed by atoms with Gasteiger partial charge in [-0.2, -0.15) is 31.0 Å². The number of H-pyrrole nitrogens is 1. The number of hydrogen-bond acceptors (Lipinski definition) is 9. The zero-order valence-electron chi connectivity index (χ0n) is 28.4. The van der Waals surface area contributed by atoms with Crippen molar-refractivity contribution >= 4 is 44.1 Å². The molecule has 19 heteroatoms. The van der Waals surface area contributed by atoms with E-state index in [0.717, 1.165) is 19.2 Å². The third-order valence-corrected chi connectivity index (χ3v) is 8.17. The summed E-state index contributed by atoms with van der Waals surface area (Å²) < 4.78 is 109. The van der Waals surface area contributed by atoms with Crippen LogP contribution in [0.2, 0.25) is 0 Å². The highest BCUT2D eigenvalue weighted by Gasteiger charge is 2.36. The lowest BCUT2D eigenvalue weighted by Gasteiger charge is -2.16. The lowest BCUT2D eigenvalue weighted by molar-refractivity contribution is -0.137. The van der Waals surface area contributed by atoms with Crippen molar-refractivity contribution in [3.8, 4) is 22.3 Å². The number of methoxy groups -OCH3 is 1. The molecule has 12 nitrogen and oxygen atoms in total. The number of aromatic nitrogens is 2. The topological polar surface area (TPSA) is 187 Å². The second-order valence-corrected chi connectivity index (χ2v) is 13.4. The number of halogens is 6. The molecule has 284 valence electrons. The average Bonchev–Trinajstić information content (AvgIpc) is 3.08. The Kier molecular flexibility index (Phi) is 11.3. The standard InChI is InChI=1S/C18H14F3N3O5S.C17H14F3NO3/c1-9(25)10-4-3-5-11(6-10)12-7-13-15(8-14(12)18(19,20)21)22-17(27)24(16(13)26)23-30(2,28)29;1-9(22)10-4-3-5-11(6-10)12-7-13(16(23)24-2)15(21)8-14(12)17(18,19)20/h3-8,23H,1-2H3,(H,22,27);3-8H,21H2,1-2H3.